The Hall–Kier alpha value is -4.88. The number of hydrogen-bond donors (Lipinski definition) is 0. The van der Waals surface area contributed by atoms with Gasteiger partial charge in [0.15, 0.2) is 0 Å². The van der Waals surface area contributed by atoms with Gasteiger partial charge in [0.2, 0.25) is 0 Å². The molecule has 8 aromatic rings. The van der Waals surface area contributed by atoms with Crippen LogP contribution in [-0.2, 0) is 0 Å². The van der Waals surface area contributed by atoms with Crippen molar-refractivity contribution in [3.05, 3.63) is 140 Å². The Balaban J connectivity index is 1.48. The Morgan fingerprint density at radius 1 is 0.324 bits per heavy atom. The van der Waals surface area contributed by atoms with E-state index in [1.54, 1.807) is 0 Å². The Labute approximate surface area is 215 Å². The molecule has 0 atom stereocenters. The van der Waals surface area contributed by atoms with Crippen LogP contribution >= 0.6 is 0 Å². The summed E-state index contributed by atoms with van der Waals surface area (Å²) in [7, 11) is 0. The highest BCUT2D eigenvalue weighted by Crippen LogP contribution is 2.43. The van der Waals surface area contributed by atoms with Crippen molar-refractivity contribution in [1.82, 2.24) is 4.57 Å². The summed E-state index contributed by atoms with van der Waals surface area (Å²) in [5.74, 6) is 0. The van der Waals surface area contributed by atoms with Crippen LogP contribution < -0.4 is 0 Å². The van der Waals surface area contributed by atoms with Crippen molar-refractivity contribution in [3.8, 4) is 27.9 Å². The van der Waals surface area contributed by atoms with Crippen LogP contribution in [-0.4, -0.2) is 4.57 Å². The van der Waals surface area contributed by atoms with Crippen LogP contribution in [0, 0.1) is 0 Å². The summed E-state index contributed by atoms with van der Waals surface area (Å²) in [4.78, 5) is 0. The summed E-state index contributed by atoms with van der Waals surface area (Å²) in [6, 6.07) is 50.8. The third kappa shape index (κ3) is 3.11. The molecule has 172 valence electrons. The Morgan fingerprint density at radius 2 is 0.838 bits per heavy atom. The zero-order chi connectivity index (χ0) is 24.3. The lowest BCUT2D eigenvalue weighted by Gasteiger charge is -2.10. The monoisotopic (exact) mass is 469 g/mol. The van der Waals surface area contributed by atoms with Crippen molar-refractivity contribution < 1.29 is 0 Å². The fourth-order valence-electron chi connectivity index (χ4n) is 5.96. The standard InChI is InChI=1S/C36H23N/c1-3-9-24(10-4-1)30-20-28-17-18-29-21-31(27-16-15-25-11-7-8-12-26(25)19-27)23-34-36(29)35(28)33(22-30)37(34)32-13-5-2-6-14-32/h1-23H. The highest BCUT2D eigenvalue weighted by atomic mass is 15.0. The second kappa shape index (κ2) is 7.81. The third-order valence-electron chi connectivity index (χ3n) is 7.67. The van der Waals surface area contributed by atoms with Gasteiger partial charge in [-0.15, -0.1) is 0 Å². The molecule has 0 aliphatic rings. The Kier molecular flexibility index (Phi) is 4.29. The van der Waals surface area contributed by atoms with Gasteiger partial charge in [0.05, 0.1) is 11.0 Å². The lowest BCUT2D eigenvalue weighted by atomic mass is 9.94. The summed E-state index contributed by atoms with van der Waals surface area (Å²) in [6.07, 6.45) is 0. The van der Waals surface area contributed by atoms with Gasteiger partial charge < -0.3 is 4.57 Å². The quantitative estimate of drug-likeness (QED) is 0.227. The normalized spacial score (nSPS) is 11.8. The molecule has 0 amide bonds. The number of nitrogens with zero attached hydrogens (tertiary/aromatic N) is 1. The first-order chi connectivity index (χ1) is 18.3. The average Bonchev–Trinajstić information content (AvgIpc) is 3.31. The van der Waals surface area contributed by atoms with E-state index < -0.39 is 0 Å². The molecule has 37 heavy (non-hydrogen) atoms. The number of hydrogen-bond acceptors (Lipinski definition) is 0. The van der Waals surface area contributed by atoms with Crippen molar-refractivity contribution in [2.24, 2.45) is 0 Å². The zero-order valence-electron chi connectivity index (χ0n) is 20.2. The minimum atomic E-state index is 1.18. The maximum atomic E-state index is 2.45. The molecule has 7 aromatic carbocycles. The van der Waals surface area contributed by atoms with Crippen LogP contribution in [0.3, 0.4) is 0 Å². The fraction of sp³-hybridized carbons (Fsp3) is 0. The largest absolute Gasteiger partial charge is 0.309 e. The van der Waals surface area contributed by atoms with Crippen LogP contribution in [0.5, 0.6) is 0 Å². The molecule has 0 bridgehead atoms. The predicted octanol–water partition coefficient (Wildman–Crippen LogP) is 9.86. The summed E-state index contributed by atoms with van der Waals surface area (Å²) in [6.45, 7) is 0. The second-order valence-corrected chi connectivity index (χ2v) is 9.85. The number of rotatable bonds is 3. The van der Waals surface area contributed by atoms with Gasteiger partial charge in [0, 0.05) is 16.5 Å². The summed E-state index contributed by atoms with van der Waals surface area (Å²) in [5.41, 5.74) is 8.64. The van der Waals surface area contributed by atoms with Crippen LogP contribution in [0.4, 0.5) is 0 Å². The molecule has 1 aromatic heterocycles. The van der Waals surface area contributed by atoms with E-state index in [0.717, 1.165) is 0 Å². The predicted molar refractivity (Wildman–Crippen MR) is 158 cm³/mol. The molecule has 0 fully saturated rings. The van der Waals surface area contributed by atoms with Crippen molar-refractivity contribution >= 4 is 43.4 Å². The SMILES string of the molecule is c1ccc(-c2cc3ccc4cc(-c5ccc6ccccc6c5)cc5c4c3c(c2)n5-c2ccccc2)cc1. The second-order valence-electron chi connectivity index (χ2n) is 9.85. The molecular weight excluding hydrogens is 446 g/mol. The average molecular weight is 470 g/mol. The van der Waals surface area contributed by atoms with Crippen molar-refractivity contribution in [1.29, 1.82) is 0 Å². The molecule has 0 aliphatic carbocycles. The van der Waals surface area contributed by atoms with Gasteiger partial charge in [-0.1, -0.05) is 97.1 Å². The van der Waals surface area contributed by atoms with Gasteiger partial charge in [-0.2, -0.15) is 0 Å². The van der Waals surface area contributed by atoms with Gasteiger partial charge in [0.1, 0.15) is 0 Å². The van der Waals surface area contributed by atoms with Gasteiger partial charge in [-0.3, -0.25) is 0 Å². The van der Waals surface area contributed by atoms with E-state index in [9.17, 15) is 0 Å². The topological polar surface area (TPSA) is 4.93 Å². The molecule has 0 radical (unpaired) electrons. The maximum Gasteiger partial charge on any atom is 0.0553 e. The van der Waals surface area contributed by atoms with Crippen LogP contribution in [0.15, 0.2) is 140 Å². The molecule has 1 heteroatoms. The van der Waals surface area contributed by atoms with E-state index >= 15 is 0 Å². The number of benzene rings is 7. The van der Waals surface area contributed by atoms with Gasteiger partial charge in [-0.05, 0) is 86.3 Å². The van der Waals surface area contributed by atoms with E-state index in [0.29, 0.717) is 0 Å². The molecule has 0 saturated carbocycles. The first kappa shape index (κ1) is 20.3. The van der Waals surface area contributed by atoms with Crippen molar-refractivity contribution in [2.45, 2.75) is 0 Å². The van der Waals surface area contributed by atoms with Crippen LogP contribution in [0.2, 0.25) is 0 Å². The number of aromatic nitrogens is 1. The maximum absolute atomic E-state index is 2.45. The molecule has 0 unspecified atom stereocenters. The zero-order valence-corrected chi connectivity index (χ0v) is 20.2. The first-order valence-corrected chi connectivity index (χ1v) is 12.8. The first-order valence-electron chi connectivity index (χ1n) is 12.8. The molecule has 8 rings (SSSR count). The van der Waals surface area contributed by atoms with Crippen molar-refractivity contribution in [2.75, 3.05) is 0 Å². The van der Waals surface area contributed by atoms with Crippen LogP contribution in [0.25, 0.3) is 71.3 Å². The van der Waals surface area contributed by atoms with E-state index in [1.807, 2.05) is 0 Å². The lowest BCUT2D eigenvalue weighted by Crippen LogP contribution is -1.94. The summed E-state index contributed by atoms with van der Waals surface area (Å²) in [5, 5.41) is 7.76. The molecule has 0 spiro atoms. The van der Waals surface area contributed by atoms with E-state index in [1.165, 1.54) is 71.3 Å². The van der Waals surface area contributed by atoms with Crippen LogP contribution in [0.1, 0.15) is 0 Å². The Bertz CT molecular complexity index is 2060. The van der Waals surface area contributed by atoms with Gasteiger partial charge in [-0.25, -0.2) is 0 Å². The van der Waals surface area contributed by atoms with E-state index in [-0.39, 0.29) is 0 Å². The summed E-state index contributed by atoms with van der Waals surface area (Å²) < 4.78 is 2.45. The molecule has 1 heterocycles. The fourth-order valence-corrected chi connectivity index (χ4v) is 5.96. The Morgan fingerprint density at radius 3 is 1.51 bits per heavy atom. The molecule has 1 nitrogen and oxygen atoms in total. The third-order valence-corrected chi connectivity index (χ3v) is 7.67. The highest BCUT2D eigenvalue weighted by molar-refractivity contribution is 6.25. The highest BCUT2D eigenvalue weighted by Gasteiger charge is 2.19. The van der Waals surface area contributed by atoms with E-state index in [4.69, 9.17) is 0 Å². The molecule has 0 saturated heterocycles. The number of para-hydroxylation sites is 1. The number of fused-ring (bicyclic) bond motifs is 1. The molecular formula is C36H23N. The van der Waals surface area contributed by atoms with Gasteiger partial charge in [0.25, 0.3) is 0 Å². The lowest BCUT2D eigenvalue weighted by molar-refractivity contribution is 1.18. The van der Waals surface area contributed by atoms with Gasteiger partial charge >= 0.3 is 0 Å². The van der Waals surface area contributed by atoms with Crippen molar-refractivity contribution in [3.63, 3.8) is 0 Å². The molecule has 0 N–H and O–H groups in total. The minimum absolute atomic E-state index is 1.18. The smallest absolute Gasteiger partial charge is 0.0553 e. The minimum Gasteiger partial charge on any atom is -0.309 e. The van der Waals surface area contributed by atoms with E-state index in [2.05, 4.69) is 144 Å². The molecule has 0 aliphatic heterocycles. The summed E-state index contributed by atoms with van der Waals surface area (Å²) >= 11 is 0.